The van der Waals surface area contributed by atoms with Crippen LogP contribution in [0, 0.1) is 20.8 Å². The molecular formula is C19H18N2OS. The van der Waals surface area contributed by atoms with Gasteiger partial charge in [-0.05, 0) is 32.4 Å². The first-order valence-corrected chi connectivity index (χ1v) is 8.32. The number of amides is 1. The highest BCUT2D eigenvalue weighted by Crippen LogP contribution is 2.25. The highest BCUT2D eigenvalue weighted by atomic mass is 32.1. The first-order chi connectivity index (χ1) is 11.0. The van der Waals surface area contributed by atoms with Gasteiger partial charge >= 0.3 is 0 Å². The molecule has 0 saturated heterocycles. The molecule has 116 valence electrons. The van der Waals surface area contributed by atoms with Gasteiger partial charge in [-0.25, -0.2) is 4.98 Å². The summed E-state index contributed by atoms with van der Waals surface area (Å²) in [5.41, 5.74) is 5.87. The van der Waals surface area contributed by atoms with Crippen LogP contribution in [0.4, 0.5) is 5.13 Å². The maximum Gasteiger partial charge on any atom is 0.257 e. The number of aromatic nitrogens is 1. The average molecular weight is 322 g/mol. The second-order valence-corrected chi connectivity index (χ2v) is 6.53. The van der Waals surface area contributed by atoms with Gasteiger partial charge in [-0.15, -0.1) is 11.3 Å². The molecule has 0 spiro atoms. The Balaban J connectivity index is 1.80. The van der Waals surface area contributed by atoms with E-state index in [9.17, 15) is 4.79 Å². The summed E-state index contributed by atoms with van der Waals surface area (Å²) in [6.45, 7) is 5.98. The lowest BCUT2D eigenvalue weighted by atomic mass is 10.1. The zero-order chi connectivity index (χ0) is 16.4. The molecular weight excluding hydrogens is 304 g/mol. The van der Waals surface area contributed by atoms with Gasteiger partial charge in [0.1, 0.15) is 0 Å². The number of hydrogen-bond acceptors (Lipinski definition) is 3. The van der Waals surface area contributed by atoms with E-state index in [4.69, 9.17) is 0 Å². The third-order valence-corrected chi connectivity index (χ3v) is 4.47. The monoisotopic (exact) mass is 322 g/mol. The molecule has 1 N–H and O–H groups in total. The van der Waals surface area contributed by atoms with Crippen molar-refractivity contribution in [3.63, 3.8) is 0 Å². The minimum atomic E-state index is -0.115. The second kappa shape index (κ2) is 6.34. The highest BCUT2D eigenvalue weighted by Gasteiger charge is 2.12. The van der Waals surface area contributed by atoms with Crippen LogP contribution in [-0.2, 0) is 0 Å². The SMILES string of the molecule is Cc1ccc(-c2csc(NC(=O)c3cc(C)ccc3C)n2)cc1. The fourth-order valence-electron chi connectivity index (χ4n) is 2.33. The molecule has 0 aliphatic rings. The van der Waals surface area contributed by atoms with Crippen molar-refractivity contribution in [1.82, 2.24) is 4.98 Å². The molecule has 0 unspecified atom stereocenters. The Morgan fingerprint density at radius 1 is 1.00 bits per heavy atom. The topological polar surface area (TPSA) is 42.0 Å². The number of aryl methyl sites for hydroxylation is 3. The van der Waals surface area contributed by atoms with Crippen LogP contribution >= 0.6 is 11.3 Å². The molecule has 3 rings (SSSR count). The van der Waals surface area contributed by atoms with Crippen LogP contribution in [0.5, 0.6) is 0 Å². The normalized spacial score (nSPS) is 10.6. The summed E-state index contributed by atoms with van der Waals surface area (Å²) in [4.78, 5) is 16.9. The molecule has 0 bridgehead atoms. The van der Waals surface area contributed by atoms with Gasteiger partial charge in [0, 0.05) is 16.5 Å². The van der Waals surface area contributed by atoms with Crippen LogP contribution < -0.4 is 5.32 Å². The van der Waals surface area contributed by atoms with Crippen molar-refractivity contribution in [3.05, 3.63) is 70.1 Å². The van der Waals surface area contributed by atoms with Gasteiger partial charge in [-0.1, -0.05) is 47.5 Å². The molecule has 3 nitrogen and oxygen atoms in total. The van der Waals surface area contributed by atoms with Crippen molar-refractivity contribution in [1.29, 1.82) is 0 Å². The minimum absolute atomic E-state index is 0.115. The Labute approximate surface area is 140 Å². The van der Waals surface area contributed by atoms with Crippen LogP contribution in [0.25, 0.3) is 11.3 Å². The van der Waals surface area contributed by atoms with Crippen molar-refractivity contribution in [3.8, 4) is 11.3 Å². The third kappa shape index (κ3) is 3.48. The number of benzene rings is 2. The van der Waals surface area contributed by atoms with E-state index >= 15 is 0 Å². The summed E-state index contributed by atoms with van der Waals surface area (Å²) in [5, 5.41) is 5.48. The van der Waals surface area contributed by atoms with E-state index in [1.165, 1.54) is 16.9 Å². The van der Waals surface area contributed by atoms with Crippen molar-refractivity contribution < 1.29 is 4.79 Å². The van der Waals surface area contributed by atoms with Gasteiger partial charge in [-0.3, -0.25) is 10.1 Å². The maximum atomic E-state index is 12.4. The quantitative estimate of drug-likeness (QED) is 0.738. The average Bonchev–Trinajstić information content (AvgIpc) is 2.99. The van der Waals surface area contributed by atoms with Crippen molar-refractivity contribution >= 4 is 22.4 Å². The van der Waals surface area contributed by atoms with Crippen LogP contribution in [0.1, 0.15) is 27.0 Å². The Morgan fingerprint density at radius 3 is 2.43 bits per heavy atom. The summed E-state index contributed by atoms with van der Waals surface area (Å²) < 4.78 is 0. The van der Waals surface area contributed by atoms with Crippen LogP contribution in [-0.4, -0.2) is 10.9 Å². The Bertz CT molecular complexity index is 850. The number of thiazole rings is 1. The van der Waals surface area contributed by atoms with Crippen LogP contribution in [0.3, 0.4) is 0 Å². The molecule has 1 heterocycles. The van der Waals surface area contributed by atoms with Crippen LogP contribution in [0.15, 0.2) is 47.8 Å². The van der Waals surface area contributed by atoms with Crippen molar-refractivity contribution in [2.45, 2.75) is 20.8 Å². The number of nitrogens with one attached hydrogen (secondary N) is 1. The molecule has 0 atom stereocenters. The Hall–Kier alpha value is -2.46. The number of anilines is 1. The van der Waals surface area contributed by atoms with Gasteiger partial charge in [0.25, 0.3) is 5.91 Å². The zero-order valence-corrected chi connectivity index (χ0v) is 14.2. The van der Waals surface area contributed by atoms with Crippen LogP contribution in [0.2, 0.25) is 0 Å². The highest BCUT2D eigenvalue weighted by molar-refractivity contribution is 7.14. The van der Waals surface area contributed by atoms with Gasteiger partial charge in [0.05, 0.1) is 5.69 Å². The van der Waals surface area contributed by atoms with Crippen molar-refractivity contribution in [2.75, 3.05) is 5.32 Å². The standard InChI is InChI=1S/C19H18N2OS/c1-12-5-8-15(9-6-12)17-11-23-19(20-17)21-18(22)16-10-13(2)4-7-14(16)3/h4-11H,1-3H3,(H,20,21,22). The number of carbonyl (C=O) groups excluding carboxylic acids is 1. The molecule has 0 radical (unpaired) electrons. The molecule has 3 aromatic rings. The zero-order valence-electron chi connectivity index (χ0n) is 13.4. The smallest absolute Gasteiger partial charge is 0.257 e. The number of hydrogen-bond donors (Lipinski definition) is 1. The van der Waals surface area contributed by atoms with Gasteiger partial charge < -0.3 is 0 Å². The lowest BCUT2D eigenvalue weighted by molar-refractivity contribution is 0.102. The predicted molar refractivity (Wildman–Crippen MR) is 96.2 cm³/mol. The van der Waals surface area contributed by atoms with E-state index < -0.39 is 0 Å². The Morgan fingerprint density at radius 2 is 1.70 bits per heavy atom. The first kappa shape index (κ1) is 15.4. The molecule has 1 amide bonds. The maximum absolute atomic E-state index is 12.4. The lowest BCUT2D eigenvalue weighted by Crippen LogP contribution is -2.13. The number of nitrogens with zero attached hydrogens (tertiary/aromatic N) is 1. The van der Waals surface area contributed by atoms with E-state index in [0.29, 0.717) is 10.7 Å². The fraction of sp³-hybridized carbons (Fsp3) is 0.158. The first-order valence-electron chi connectivity index (χ1n) is 7.44. The van der Waals surface area contributed by atoms with Crippen molar-refractivity contribution in [2.24, 2.45) is 0 Å². The van der Waals surface area contributed by atoms with E-state index in [2.05, 4.69) is 29.4 Å². The molecule has 0 fully saturated rings. The molecule has 0 aliphatic carbocycles. The Kier molecular flexibility index (Phi) is 4.26. The molecule has 4 heteroatoms. The third-order valence-electron chi connectivity index (χ3n) is 3.71. The van der Waals surface area contributed by atoms with E-state index in [0.717, 1.165) is 22.4 Å². The fourth-order valence-corrected chi connectivity index (χ4v) is 3.05. The summed E-state index contributed by atoms with van der Waals surface area (Å²) in [5.74, 6) is -0.115. The lowest BCUT2D eigenvalue weighted by Gasteiger charge is -2.06. The molecule has 2 aromatic carbocycles. The molecule has 1 aromatic heterocycles. The minimum Gasteiger partial charge on any atom is -0.298 e. The summed E-state index contributed by atoms with van der Waals surface area (Å²) in [6, 6.07) is 14.1. The summed E-state index contributed by atoms with van der Waals surface area (Å²) >= 11 is 1.44. The molecule has 0 saturated carbocycles. The van der Waals surface area contributed by atoms with Gasteiger partial charge in [0.15, 0.2) is 5.13 Å². The molecule has 0 aliphatic heterocycles. The van der Waals surface area contributed by atoms with E-state index in [-0.39, 0.29) is 5.91 Å². The van der Waals surface area contributed by atoms with E-state index in [1.54, 1.807) is 0 Å². The second-order valence-electron chi connectivity index (χ2n) is 5.68. The van der Waals surface area contributed by atoms with E-state index in [1.807, 2.05) is 49.6 Å². The van der Waals surface area contributed by atoms with Gasteiger partial charge in [0.2, 0.25) is 0 Å². The predicted octanol–water partition coefficient (Wildman–Crippen LogP) is 4.99. The molecule has 23 heavy (non-hydrogen) atoms. The summed E-state index contributed by atoms with van der Waals surface area (Å²) in [7, 11) is 0. The van der Waals surface area contributed by atoms with Gasteiger partial charge in [-0.2, -0.15) is 0 Å². The number of carbonyl (C=O) groups is 1. The summed E-state index contributed by atoms with van der Waals surface area (Å²) in [6.07, 6.45) is 0. The largest absolute Gasteiger partial charge is 0.298 e. The number of rotatable bonds is 3.